The molecule has 1 N–H and O–H groups in total. The van der Waals surface area contributed by atoms with Crippen LogP contribution in [0.1, 0.15) is 30.9 Å². The lowest BCUT2D eigenvalue weighted by atomic mass is 10.2. The maximum absolute atomic E-state index is 6.22. The van der Waals surface area contributed by atoms with Crippen LogP contribution < -0.4 is 10.1 Å². The van der Waals surface area contributed by atoms with Gasteiger partial charge < -0.3 is 14.6 Å². The molecule has 0 amide bonds. The van der Waals surface area contributed by atoms with Crippen molar-refractivity contribution in [2.24, 2.45) is 0 Å². The first-order valence-corrected chi connectivity index (χ1v) is 6.99. The largest absolute Gasteiger partial charge is 0.486 e. The molecule has 0 aliphatic rings. The highest BCUT2D eigenvalue weighted by atomic mass is 35.5. The average Bonchev–Trinajstić information content (AvgIpc) is 2.81. The Hall–Kier alpha value is -1.52. The van der Waals surface area contributed by atoms with E-state index in [2.05, 4.69) is 24.3 Å². The highest BCUT2D eigenvalue weighted by Gasteiger charge is 2.06. The molecule has 0 atom stereocenters. The van der Waals surface area contributed by atoms with E-state index in [1.54, 1.807) is 0 Å². The van der Waals surface area contributed by atoms with Gasteiger partial charge in [0.05, 0.1) is 5.02 Å². The molecule has 2 rings (SSSR count). The van der Waals surface area contributed by atoms with Gasteiger partial charge in [-0.05, 0) is 24.6 Å². The highest BCUT2D eigenvalue weighted by Crippen LogP contribution is 2.26. The van der Waals surface area contributed by atoms with E-state index < -0.39 is 0 Å². The van der Waals surface area contributed by atoms with Crippen molar-refractivity contribution in [2.75, 3.05) is 0 Å². The van der Waals surface area contributed by atoms with E-state index in [1.807, 2.05) is 31.2 Å². The van der Waals surface area contributed by atoms with Crippen molar-refractivity contribution < 1.29 is 9.26 Å². The van der Waals surface area contributed by atoms with E-state index in [0.29, 0.717) is 23.4 Å². The topological polar surface area (TPSA) is 47.3 Å². The van der Waals surface area contributed by atoms with Crippen molar-refractivity contribution in [3.8, 4) is 5.75 Å². The quantitative estimate of drug-likeness (QED) is 0.882. The number of aryl methyl sites for hydroxylation is 1. The third-order valence-electron chi connectivity index (χ3n) is 2.76. The molecular weight excluding hydrogens is 276 g/mol. The van der Waals surface area contributed by atoms with Gasteiger partial charge in [-0.3, -0.25) is 0 Å². The van der Waals surface area contributed by atoms with Crippen LogP contribution >= 0.6 is 11.6 Å². The van der Waals surface area contributed by atoms with Crippen molar-refractivity contribution >= 4 is 11.6 Å². The number of hydrogen-bond donors (Lipinski definition) is 1. The number of nitrogens with zero attached hydrogens (tertiary/aromatic N) is 1. The molecule has 0 saturated heterocycles. The predicted molar refractivity (Wildman–Crippen MR) is 79.0 cm³/mol. The van der Waals surface area contributed by atoms with Gasteiger partial charge in [0, 0.05) is 18.7 Å². The fraction of sp³-hybridized carbons (Fsp3) is 0.400. The van der Waals surface area contributed by atoms with Crippen LogP contribution in [0.5, 0.6) is 5.75 Å². The second-order valence-corrected chi connectivity index (χ2v) is 5.43. The van der Waals surface area contributed by atoms with E-state index in [1.165, 1.54) is 0 Å². The molecule has 0 unspecified atom stereocenters. The van der Waals surface area contributed by atoms with E-state index in [0.717, 1.165) is 23.6 Å². The summed E-state index contributed by atoms with van der Waals surface area (Å²) in [5.74, 6) is 1.42. The van der Waals surface area contributed by atoms with Crippen molar-refractivity contribution in [1.29, 1.82) is 0 Å². The van der Waals surface area contributed by atoms with E-state index in [4.69, 9.17) is 20.9 Å². The summed E-state index contributed by atoms with van der Waals surface area (Å²) in [6, 6.07) is 8.09. The molecule has 1 heterocycles. The van der Waals surface area contributed by atoms with Crippen LogP contribution in [0, 0.1) is 6.92 Å². The van der Waals surface area contributed by atoms with E-state index in [9.17, 15) is 0 Å². The minimum absolute atomic E-state index is 0.348. The van der Waals surface area contributed by atoms with Crippen LogP contribution in [-0.4, -0.2) is 11.2 Å². The molecule has 108 valence electrons. The zero-order valence-corrected chi connectivity index (χ0v) is 12.7. The summed E-state index contributed by atoms with van der Waals surface area (Å²) in [6.45, 7) is 7.21. The minimum Gasteiger partial charge on any atom is -0.486 e. The molecule has 0 aliphatic carbocycles. The van der Waals surface area contributed by atoms with Gasteiger partial charge in [0.25, 0.3) is 0 Å². The molecule has 0 spiro atoms. The molecule has 0 bridgehead atoms. The summed E-state index contributed by atoms with van der Waals surface area (Å²) >= 11 is 6.22. The first kappa shape index (κ1) is 14.9. The van der Waals surface area contributed by atoms with Gasteiger partial charge >= 0.3 is 0 Å². The monoisotopic (exact) mass is 294 g/mol. The van der Waals surface area contributed by atoms with Crippen LogP contribution in [-0.2, 0) is 13.2 Å². The van der Waals surface area contributed by atoms with Gasteiger partial charge in [0.15, 0.2) is 0 Å². The lowest BCUT2D eigenvalue weighted by Gasteiger charge is -2.10. The molecule has 1 aromatic carbocycles. The Morgan fingerprint density at radius 1 is 1.35 bits per heavy atom. The van der Waals surface area contributed by atoms with Crippen LogP contribution in [0.3, 0.4) is 0 Å². The van der Waals surface area contributed by atoms with Gasteiger partial charge in [0.2, 0.25) is 0 Å². The zero-order valence-electron chi connectivity index (χ0n) is 11.9. The minimum atomic E-state index is 0.348. The predicted octanol–water partition coefficient (Wildman–Crippen LogP) is 3.71. The molecule has 5 heteroatoms. The highest BCUT2D eigenvalue weighted by molar-refractivity contribution is 6.32. The fourth-order valence-corrected chi connectivity index (χ4v) is 1.99. The Balaban J connectivity index is 1.95. The third kappa shape index (κ3) is 4.25. The summed E-state index contributed by atoms with van der Waals surface area (Å²) in [7, 11) is 0. The number of nitrogens with one attached hydrogen (secondary N) is 1. The second-order valence-electron chi connectivity index (χ2n) is 5.02. The van der Waals surface area contributed by atoms with E-state index >= 15 is 0 Å². The Morgan fingerprint density at radius 3 is 2.75 bits per heavy atom. The SMILES string of the molecule is Cc1cc(COc2ccc(CNC(C)C)cc2Cl)no1. The Bertz CT molecular complexity index is 567. The summed E-state index contributed by atoms with van der Waals surface area (Å²) in [5, 5.41) is 7.83. The first-order valence-electron chi connectivity index (χ1n) is 6.61. The Labute approximate surface area is 124 Å². The van der Waals surface area contributed by atoms with E-state index in [-0.39, 0.29) is 0 Å². The van der Waals surface area contributed by atoms with Crippen LogP contribution in [0.25, 0.3) is 0 Å². The molecule has 20 heavy (non-hydrogen) atoms. The number of halogens is 1. The Kier molecular flexibility index (Phi) is 5.04. The molecule has 1 aromatic heterocycles. The molecule has 0 aliphatic heterocycles. The maximum Gasteiger partial charge on any atom is 0.138 e. The first-order chi connectivity index (χ1) is 9.54. The van der Waals surface area contributed by atoms with Crippen LogP contribution in [0.15, 0.2) is 28.8 Å². The van der Waals surface area contributed by atoms with Crippen molar-refractivity contribution in [1.82, 2.24) is 10.5 Å². The summed E-state index contributed by atoms with van der Waals surface area (Å²) in [4.78, 5) is 0. The van der Waals surface area contributed by atoms with Crippen molar-refractivity contribution in [2.45, 2.75) is 40.0 Å². The summed E-state index contributed by atoms with van der Waals surface area (Å²) < 4.78 is 10.6. The van der Waals surface area contributed by atoms with Crippen molar-refractivity contribution in [3.05, 3.63) is 46.3 Å². The van der Waals surface area contributed by atoms with Gasteiger partial charge in [0.1, 0.15) is 23.8 Å². The van der Waals surface area contributed by atoms with Gasteiger partial charge in [-0.25, -0.2) is 0 Å². The smallest absolute Gasteiger partial charge is 0.138 e. The second kappa shape index (κ2) is 6.77. The lowest BCUT2D eigenvalue weighted by molar-refractivity contribution is 0.288. The van der Waals surface area contributed by atoms with Gasteiger partial charge in [-0.1, -0.05) is 36.7 Å². The molecule has 0 fully saturated rings. The van der Waals surface area contributed by atoms with Gasteiger partial charge in [-0.2, -0.15) is 0 Å². The lowest BCUT2D eigenvalue weighted by Crippen LogP contribution is -2.21. The van der Waals surface area contributed by atoms with Gasteiger partial charge in [-0.15, -0.1) is 0 Å². The van der Waals surface area contributed by atoms with Crippen molar-refractivity contribution in [3.63, 3.8) is 0 Å². The molecule has 0 radical (unpaired) electrons. The zero-order chi connectivity index (χ0) is 14.5. The molecule has 2 aromatic rings. The van der Waals surface area contributed by atoms with Crippen LogP contribution in [0.4, 0.5) is 0 Å². The Morgan fingerprint density at radius 2 is 2.15 bits per heavy atom. The van der Waals surface area contributed by atoms with Crippen LogP contribution in [0.2, 0.25) is 5.02 Å². The number of rotatable bonds is 6. The number of aromatic nitrogens is 1. The summed E-state index contributed by atoms with van der Waals surface area (Å²) in [5.41, 5.74) is 1.89. The number of hydrogen-bond acceptors (Lipinski definition) is 4. The number of ether oxygens (including phenoxy) is 1. The average molecular weight is 295 g/mol. The molecular formula is C15H19ClN2O2. The summed E-state index contributed by atoms with van der Waals surface area (Å²) in [6.07, 6.45) is 0. The normalized spacial score (nSPS) is 11.1. The molecule has 0 saturated carbocycles. The third-order valence-corrected chi connectivity index (χ3v) is 3.06. The fourth-order valence-electron chi connectivity index (χ4n) is 1.73. The molecule has 4 nitrogen and oxygen atoms in total. The number of benzene rings is 1. The standard InChI is InChI=1S/C15H19ClN2O2/c1-10(2)17-8-12-4-5-15(14(16)7-12)19-9-13-6-11(3)20-18-13/h4-7,10,17H,8-9H2,1-3H3. The maximum atomic E-state index is 6.22.